The van der Waals surface area contributed by atoms with Crippen LogP contribution in [-0.2, 0) is 0 Å². The highest BCUT2D eigenvalue weighted by molar-refractivity contribution is 4.82. The van der Waals surface area contributed by atoms with Gasteiger partial charge in [0.1, 0.15) is 0 Å². The van der Waals surface area contributed by atoms with Crippen molar-refractivity contribution in [2.75, 3.05) is 27.2 Å². The second-order valence-corrected chi connectivity index (χ2v) is 10.9. The summed E-state index contributed by atoms with van der Waals surface area (Å²) in [6.07, 6.45) is 24.2. The molecule has 2 heteroatoms. The van der Waals surface area contributed by atoms with Crippen LogP contribution in [0.2, 0.25) is 0 Å². The molecule has 26 heavy (non-hydrogen) atoms. The van der Waals surface area contributed by atoms with Crippen LogP contribution in [0.3, 0.4) is 0 Å². The summed E-state index contributed by atoms with van der Waals surface area (Å²) in [7, 11) is 5.19. The number of hydrogen-bond donors (Lipinski definition) is 0. The van der Waals surface area contributed by atoms with E-state index in [1.165, 1.54) is 125 Å². The van der Waals surface area contributed by atoms with Gasteiger partial charge in [-0.2, -0.15) is 0 Å². The van der Waals surface area contributed by atoms with Crippen LogP contribution in [-0.4, -0.2) is 60.3 Å². The van der Waals surface area contributed by atoms with Crippen molar-refractivity contribution in [2.45, 2.75) is 127 Å². The van der Waals surface area contributed by atoms with Crippen molar-refractivity contribution in [1.82, 2.24) is 0 Å². The summed E-state index contributed by atoms with van der Waals surface area (Å²) in [6.45, 7) is 2.96. The Labute approximate surface area is 163 Å². The highest BCUT2D eigenvalue weighted by Crippen LogP contribution is 2.42. The van der Waals surface area contributed by atoms with E-state index < -0.39 is 0 Å². The van der Waals surface area contributed by atoms with E-state index in [4.69, 9.17) is 0 Å². The number of rotatable bonds is 9. The fraction of sp³-hybridized carbons (Fsp3) is 1.00. The van der Waals surface area contributed by atoms with Crippen LogP contribution in [0, 0.1) is 0 Å². The van der Waals surface area contributed by atoms with Crippen LogP contribution in [0.4, 0.5) is 0 Å². The fourth-order valence-corrected chi connectivity index (χ4v) is 7.82. The lowest BCUT2D eigenvalue weighted by Gasteiger charge is -2.45. The molecule has 0 spiro atoms. The zero-order valence-corrected chi connectivity index (χ0v) is 17.9. The predicted octanol–water partition coefficient (Wildman–Crippen LogP) is 5.65. The lowest BCUT2D eigenvalue weighted by atomic mass is 9.98. The molecule has 4 fully saturated rings. The maximum Gasteiger partial charge on any atom is 0.0892 e. The van der Waals surface area contributed by atoms with Gasteiger partial charge in [0.05, 0.1) is 51.4 Å². The van der Waals surface area contributed by atoms with Crippen molar-refractivity contribution < 1.29 is 8.97 Å². The Morgan fingerprint density at radius 2 is 0.769 bits per heavy atom. The second kappa shape index (κ2) is 8.11. The summed E-state index contributed by atoms with van der Waals surface area (Å²) < 4.78 is 2.91. The molecular weight excluding hydrogens is 316 g/mol. The van der Waals surface area contributed by atoms with Crippen molar-refractivity contribution in [1.29, 1.82) is 0 Å². The van der Waals surface area contributed by atoms with Gasteiger partial charge in [-0.25, -0.2) is 0 Å². The first-order chi connectivity index (χ1) is 12.6. The number of unbranched alkanes of at least 4 members (excludes halogenated alkanes) is 5. The fourth-order valence-electron chi connectivity index (χ4n) is 7.82. The molecule has 4 saturated heterocycles. The van der Waals surface area contributed by atoms with Crippen molar-refractivity contribution in [2.24, 2.45) is 0 Å². The molecule has 0 aromatic rings. The molecule has 0 N–H and O–H groups in total. The van der Waals surface area contributed by atoms with Crippen LogP contribution >= 0.6 is 0 Å². The van der Waals surface area contributed by atoms with Crippen LogP contribution in [0.5, 0.6) is 0 Å². The highest BCUT2D eigenvalue weighted by Gasteiger charge is 2.48. The molecule has 2 unspecified atom stereocenters. The molecule has 4 rings (SSSR count). The molecule has 0 amide bonds. The van der Waals surface area contributed by atoms with Gasteiger partial charge in [-0.05, 0) is 64.2 Å². The van der Waals surface area contributed by atoms with Crippen LogP contribution < -0.4 is 0 Å². The topological polar surface area (TPSA) is 0 Å². The van der Waals surface area contributed by atoms with Crippen molar-refractivity contribution in [3.8, 4) is 0 Å². The number of fused-ring (bicyclic) bond motifs is 4. The molecule has 0 saturated carbocycles. The molecule has 2 nitrogen and oxygen atoms in total. The number of quaternary nitrogens is 2. The standard InChI is InChI=1S/C24H46N2/c1-25(21-11-9-12-22(25)16-15-21)19-7-5-3-4-6-8-20-26(2)23-13-10-14-24(26)18-17-23/h21-24H,3-20H2,1-2H3/q+2/t21-,22+,23-,24+,25?,26?. The molecule has 6 atom stereocenters. The van der Waals surface area contributed by atoms with Gasteiger partial charge < -0.3 is 8.97 Å². The van der Waals surface area contributed by atoms with Crippen molar-refractivity contribution in [3.63, 3.8) is 0 Å². The average molecular weight is 363 g/mol. The summed E-state index contributed by atoms with van der Waals surface area (Å²) in [4.78, 5) is 0. The van der Waals surface area contributed by atoms with Gasteiger partial charge in [0.25, 0.3) is 0 Å². The van der Waals surface area contributed by atoms with E-state index in [2.05, 4.69) is 14.1 Å². The number of nitrogens with zero attached hydrogens (tertiary/aromatic N) is 2. The van der Waals surface area contributed by atoms with Gasteiger partial charge in [-0.1, -0.05) is 12.8 Å². The molecule has 4 bridgehead atoms. The van der Waals surface area contributed by atoms with Crippen LogP contribution in [0.15, 0.2) is 0 Å². The van der Waals surface area contributed by atoms with E-state index in [1.807, 2.05) is 0 Å². The molecule has 150 valence electrons. The zero-order valence-electron chi connectivity index (χ0n) is 17.9. The minimum absolute atomic E-state index is 1.03. The summed E-state index contributed by atoms with van der Waals surface area (Å²) in [5.41, 5.74) is 0. The monoisotopic (exact) mass is 362 g/mol. The SMILES string of the molecule is C[N+]1(CCCCCCCC[N+]2(C)[C@@H]3CCC[C@H]2CC3)[C@@H]2CCC[C@H]1CC2. The van der Waals surface area contributed by atoms with E-state index in [0.717, 1.165) is 24.2 Å². The second-order valence-electron chi connectivity index (χ2n) is 10.9. The third-order valence-corrected chi connectivity index (χ3v) is 9.68. The van der Waals surface area contributed by atoms with E-state index in [0.29, 0.717) is 0 Å². The molecule has 4 aliphatic heterocycles. The summed E-state index contributed by atoms with van der Waals surface area (Å²) in [5, 5.41) is 0. The minimum Gasteiger partial charge on any atom is -0.321 e. The number of piperidine rings is 2. The van der Waals surface area contributed by atoms with Gasteiger partial charge in [-0.15, -0.1) is 0 Å². The van der Waals surface area contributed by atoms with Gasteiger partial charge in [-0.3, -0.25) is 0 Å². The number of hydrogen-bond acceptors (Lipinski definition) is 0. The Hall–Kier alpha value is -0.0800. The lowest BCUT2D eigenvalue weighted by molar-refractivity contribution is -0.948. The molecule has 0 aromatic carbocycles. The first-order valence-electron chi connectivity index (χ1n) is 12.3. The van der Waals surface area contributed by atoms with E-state index in [9.17, 15) is 0 Å². The van der Waals surface area contributed by atoms with E-state index >= 15 is 0 Å². The molecule has 0 aromatic heterocycles. The smallest absolute Gasteiger partial charge is 0.0892 e. The van der Waals surface area contributed by atoms with Gasteiger partial charge >= 0.3 is 0 Å². The van der Waals surface area contributed by atoms with E-state index in [1.54, 1.807) is 0 Å². The summed E-state index contributed by atoms with van der Waals surface area (Å²) in [6, 6.07) is 4.10. The van der Waals surface area contributed by atoms with Crippen LogP contribution in [0.25, 0.3) is 0 Å². The minimum atomic E-state index is 1.03. The summed E-state index contributed by atoms with van der Waals surface area (Å²) in [5.74, 6) is 0. The maximum atomic E-state index is 2.60. The van der Waals surface area contributed by atoms with Crippen LogP contribution in [0.1, 0.15) is 103 Å². The third-order valence-electron chi connectivity index (χ3n) is 9.68. The Morgan fingerprint density at radius 3 is 1.12 bits per heavy atom. The molecule has 0 aliphatic carbocycles. The Morgan fingerprint density at radius 1 is 0.462 bits per heavy atom. The Kier molecular flexibility index (Phi) is 6.01. The largest absolute Gasteiger partial charge is 0.321 e. The predicted molar refractivity (Wildman–Crippen MR) is 111 cm³/mol. The molecule has 0 radical (unpaired) electrons. The first-order valence-corrected chi connectivity index (χ1v) is 12.3. The molecule has 4 heterocycles. The van der Waals surface area contributed by atoms with Gasteiger partial charge in [0.2, 0.25) is 0 Å². The summed E-state index contributed by atoms with van der Waals surface area (Å²) >= 11 is 0. The van der Waals surface area contributed by atoms with Gasteiger partial charge in [0.15, 0.2) is 0 Å². The lowest BCUT2D eigenvalue weighted by Crippen LogP contribution is -2.56. The molecular formula is C24H46N2+2. The quantitative estimate of drug-likeness (QED) is 0.367. The highest BCUT2D eigenvalue weighted by atomic mass is 15.4. The van der Waals surface area contributed by atoms with E-state index in [-0.39, 0.29) is 0 Å². The third kappa shape index (κ3) is 3.62. The maximum absolute atomic E-state index is 2.60. The molecule has 4 aliphatic rings. The average Bonchev–Trinajstić information content (AvgIpc) is 2.92. The van der Waals surface area contributed by atoms with Gasteiger partial charge in [0, 0.05) is 25.7 Å². The zero-order chi connectivity index (χ0) is 18.0. The Balaban J connectivity index is 1.08. The Bertz CT molecular complexity index is 385. The normalized spacial score (nSPS) is 44.5. The van der Waals surface area contributed by atoms with Crippen molar-refractivity contribution in [3.05, 3.63) is 0 Å². The first kappa shape index (κ1) is 19.2. The van der Waals surface area contributed by atoms with Crippen molar-refractivity contribution >= 4 is 0 Å².